The number of nitrogens with zero attached hydrogens (tertiary/aromatic N) is 1. The Bertz CT molecular complexity index is 966. The minimum Gasteiger partial charge on any atom is -0.491 e. The topological polar surface area (TPSA) is 119 Å². The van der Waals surface area contributed by atoms with Crippen molar-refractivity contribution in [2.24, 2.45) is 10.7 Å². The number of carbonyl (C=O) groups is 1. The fourth-order valence-corrected chi connectivity index (χ4v) is 2.52. The first kappa shape index (κ1) is 23.5. The second-order valence-corrected chi connectivity index (χ2v) is 6.71. The van der Waals surface area contributed by atoms with Gasteiger partial charge in [-0.1, -0.05) is 0 Å². The third kappa shape index (κ3) is 7.50. The first-order chi connectivity index (χ1) is 14.8. The fourth-order valence-electron chi connectivity index (χ4n) is 2.52. The molecule has 2 rings (SSSR count). The van der Waals surface area contributed by atoms with Gasteiger partial charge in [0, 0.05) is 18.7 Å². The molecule has 4 N–H and O–H groups in total. The molecule has 0 spiro atoms. The number of nitrogens with two attached hydrogens (primary N) is 1. The molecule has 2 aromatic carbocycles. The zero-order valence-electron chi connectivity index (χ0n) is 18.1. The Hall–Kier alpha value is -3.81. The molecule has 0 aliphatic rings. The van der Waals surface area contributed by atoms with E-state index in [1.807, 2.05) is 13.8 Å². The van der Waals surface area contributed by atoms with Gasteiger partial charge in [-0.05, 0) is 69.4 Å². The quantitative estimate of drug-likeness (QED) is 0.319. The van der Waals surface area contributed by atoms with E-state index in [0.29, 0.717) is 35.0 Å². The first-order valence-electron chi connectivity index (χ1n) is 9.86. The Labute approximate surface area is 182 Å². The highest BCUT2D eigenvalue weighted by Crippen LogP contribution is 2.29. The van der Waals surface area contributed by atoms with Crippen LogP contribution in [0.4, 0.5) is 0 Å². The van der Waals surface area contributed by atoms with Gasteiger partial charge < -0.3 is 25.3 Å². The van der Waals surface area contributed by atoms with Crippen molar-refractivity contribution >= 4 is 17.6 Å². The van der Waals surface area contributed by atoms with Crippen molar-refractivity contribution in [3.05, 3.63) is 65.9 Å². The summed E-state index contributed by atoms with van der Waals surface area (Å²) in [6.07, 6.45) is 3.12. The molecule has 8 nitrogen and oxygen atoms in total. The fraction of sp³-hybridized carbons (Fsp3) is 0.261. The largest absolute Gasteiger partial charge is 0.491 e. The van der Waals surface area contributed by atoms with Crippen LogP contribution in [0.15, 0.2) is 59.7 Å². The van der Waals surface area contributed by atoms with Crippen LogP contribution in [-0.2, 0) is 4.74 Å². The molecule has 0 aliphatic heterocycles. The van der Waals surface area contributed by atoms with E-state index in [4.69, 9.17) is 25.4 Å². The summed E-state index contributed by atoms with van der Waals surface area (Å²) in [5, 5.41) is 11.1. The van der Waals surface area contributed by atoms with Gasteiger partial charge in [-0.15, -0.1) is 0 Å². The van der Waals surface area contributed by atoms with E-state index in [2.05, 4.69) is 10.3 Å². The van der Waals surface area contributed by atoms with Gasteiger partial charge in [-0.25, -0.2) is 9.79 Å². The molecule has 0 saturated heterocycles. The number of amidine groups is 2. The molecule has 0 heterocycles. The van der Waals surface area contributed by atoms with Crippen molar-refractivity contribution in [3.63, 3.8) is 0 Å². The monoisotopic (exact) mass is 424 g/mol. The number of hydrogen-bond donors (Lipinski definition) is 3. The summed E-state index contributed by atoms with van der Waals surface area (Å²) < 4.78 is 16.7. The minimum absolute atomic E-state index is 0.0324. The summed E-state index contributed by atoms with van der Waals surface area (Å²) in [6, 6.07) is 11.7. The van der Waals surface area contributed by atoms with E-state index in [-0.39, 0.29) is 23.7 Å². The molecule has 0 atom stereocenters. The number of aliphatic imine (C=N–C) groups is 1. The van der Waals surface area contributed by atoms with Crippen molar-refractivity contribution in [2.75, 3.05) is 13.7 Å². The first-order valence-corrected chi connectivity index (χ1v) is 9.86. The number of hydrogen-bond acceptors (Lipinski definition) is 6. The normalized spacial score (nSPS) is 11.5. The van der Waals surface area contributed by atoms with Crippen LogP contribution in [0.5, 0.6) is 17.2 Å². The van der Waals surface area contributed by atoms with Gasteiger partial charge in [0.05, 0.1) is 18.3 Å². The summed E-state index contributed by atoms with van der Waals surface area (Å²) in [4.78, 5) is 15.9. The smallest absolute Gasteiger partial charge is 0.338 e. The average molecular weight is 425 g/mol. The molecule has 2 aromatic rings. The summed E-state index contributed by atoms with van der Waals surface area (Å²) in [5.74, 6) is 1.28. The zero-order valence-corrected chi connectivity index (χ0v) is 18.1. The Morgan fingerprint density at radius 3 is 2.42 bits per heavy atom. The van der Waals surface area contributed by atoms with Crippen molar-refractivity contribution in [1.29, 1.82) is 5.41 Å². The van der Waals surface area contributed by atoms with Crippen LogP contribution in [0.1, 0.15) is 36.7 Å². The Morgan fingerprint density at radius 1 is 1.13 bits per heavy atom. The van der Waals surface area contributed by atoms with Crippen LogP contribution in [-0.4, -0.2) is 37.4 Å². The van der Waals surface area contributed by atoms with Gasteiger partial charge in [0.2, 0.25) is 0 Å². The summed E-state index contributed by atoms with van der Waals surface area (Å²) in [5.41, 5.74) is 6.74. The molecular weight excluding hydrogens is 396 g/mol. The van der Waals surface area contributed by atoms with Gasteiger partial charge in [-0.2, -0.15) is 0 Å². The number of ether oxygens (including phenoxy) is 3. The molecule has 0 amide bonds. The van der Waals surface area contributed by atoms with Gasteiger partial charge in [0.1, 0.15) is 23.1 Å². The van der Waals surface area contributed by atoms with Gasteiger partial charge in [0.25, 0.3) is 0 Å². The minimum atomic E-state index is -0.389. The third-order valence-electron chi connectivity index (χ3n) is 3.79. The van der Waals surface area contributed by atoms with Crippen molar-refractivity contribution < 1.29 is 19.0 Å². The summed E-state index contributed by atoms with van der Waals surface area (Å²) in [6.45, 7) is 5.88. The molecule has 0 fully saturated rings. The van der Waals surface area contributed by atoms with E-state index in [1.54, 1.807) is 68.7 Å². The molecule has 0 bridgehead atoms. The van der Waals surface area contributed by atoms with Crippen molar-refractivity contribution in [1.82, 2.24) is 5.32 Å². The van der Waals surface area contributed by atoms with E-state index in [9.17, 15) is 4.79 Å². The van der Waals surface area contributed by atoms with Crippen LogP contribution >= 0.6 is 0 Å². The maximum absolute atomic E-state index is 11.8. The van der Waals surface area contributed by atoms with Crippen LogP contribution in [0.25, 0.3) is 0 Å². The number of nitrogens with one attached hydrogen (secondary N) is 2. The highest BCUT2D eigenvalue weighted by atomic mass is 16.5. The molecule has 0 radical (unpaired) electrons. The van der Waals surface area contributed by atoms with Crippen molar-refractivity contribution in [2.45, 2.75) is 26.9 Å². The highest BCUT2D eigenvalue weighted by Gasteiger charge is 2.11. The molecule has 0 unspecified atom stereocenters. The molecule has 31 heavy (non-hydrogen) atoms. The maximum atomic E-state index is 11.8. The van der Waals surface area contributed by atoms with Crippen LogP contribution in [0, 0.1) is 5.41 Å². The van der Waals surface area contributed by atoms with Crippen molar-refractivity contribution in [3.8, 4) is 17.2 Å². The lowest BCUT2D eigenvalue weighted by Gasteiger charge is -2.14. The molecule has 0 aromatic heterocycles. The Morgan fingerprint density at radius 2 is 1.81 bits per heavy atom. The molecule has 164 valence electrons. The second-order valence-electron chi connectivity index (χ2n) is 6.71. The van der Waals surface area contributed by atoms with E-state index in [0.717, 1.165) is 0 Å². The molecular formula is C23H28N4O4. The van der Waals surface area contributed by atoms with Gasteiger partial charge >= 0.3 is 5.97 Å². The molecule has 8 heteroatoms. The standard InChI is InChI=1S/C23H28N4O4/c1-5-29-23(28)16-6-8-18(9-7-16)31-20-13-17(12-19(14-20)30-15(2)3)22(25)27-21(24)10-11-26-4/h6-15,26H,5H2,1-4H3,(H3,24,25,27)/b11-10-. The van der Waals surface area contributed by atoms with Gasteiger partial charge in [0.15, 0.2) is 5.84 Å². The predicted molar refractivity (Wildman–Crippen MR) is 121 cm³/mol. The van der Waals surface area contributed by atoms with Crippen LogP contribution in [0.3, 0.4) is 0 Å². The number of esters is 1. The summed E-state index contributed by atoms with van der Waals surface area (Å²) >= 11 is 0. The number of carbonyl (C=O) groups excluding carboxylic acids is 1. The molecule has 0 saturated carbocycles. The summed E-state index contributed by atoms with van der Waals surface area (Å²) in [7, 11) is 1.74. The second kappa shape index (κ2) is 11.4. The van der Waals surface area contributed by atoms with E-state index in [1.165, 1.54) is 0 Å². The highest BCUT2D eigenvalue weighted by molar-refractivity contribution is 6.07. The van der Waals surface area contributed by atoms with Crippen LogP contribution in [0.2, 0.25) is 0 Å². The Kier molecular flexibility index (Phi) is 8.63. The molecule has 0 aliphatic carbocycles. The lowest BCUT2D eigenvalue weighted by molar-refractivity contribution is 0.0526. The predicted octanol–water partition coefficient (Wildman–Crippen LogP) is 3.86. The lowest BCUT2D eigenvalue weighted by Crippen LogP contribution is -2.13. The maximum Gasteiger partial charge on any atom is 0.338 e. The zero-order chi connectivity index (χ0) is 22.8. The SMILES string of the molecule is CCOC(=O)c1ccc(Oc2cc(OC(C)C)cc(C(=N)N=C(N)/C=C\NC)c2)cc1. The number of benzene rings is 2. The lowest BCUT2D eigenvalue weighted by atomic mass is 10.1. The van der Waals surface area contributed by atoms with E-state index >= 15 is 0 Å². The average Bonchev–Trinajstić information content (AvgIpc) is 2.72. The van der Waals surface area contributed by atoms with Gasteiger partial charge in [-0.3, -0.25) is 5.41 Å². The Balaban J connectivity index is 2.30. The third-order valence-corrected chi connectivity index (χ3v) is 3.79. The number of rotatable bonds is 9. The van der Waals surface area contributed by atoms with Crippen LogP contribution < -0.4 is 20.5 Å². The van der Waals surface area contributed by atoms with E-state index < -0.39 is 0 Å².